The molecule has 0 spiro atoms. The number of aryl methyl sites for hydroxylation is 1. The van der Waals surface area contributed by atoms with Crippen LogP contribution in [0.4, 0.5) is 17.1 Å². The van der Waals surface area contributed by atoms with Crippen LogP contribution in [-0.4, -0.2) is 53.4 Å². The van der Waals surface area contributed by atoms with Crippen LogP contribution in [0.5, 0.6) is 0 Å². The molecule has 0 aliphatic carbocycles. The fourth-order valence-corrected chi connectivity index (χ4v) is 5.31. The van der Waals surface area contributed by atoms with E-state index in [-0.39, 0.29) is 22.8 Å². The molecule has 0 atom stereocenters. The van der Waals surface area contributed by atoms with Crippen molar-refractivity contribution in [2.24, 2.45) is 12.5 Å². The smallest absolute Gasteiger partial charge is 0.359 e. The summed E-state index contributed by atoms with van der Waals surface area (Å²) in [5.74, 6) is 0. The summed E-state index contributed by atoms with van der Waals surface area (Å²) >= 11 is 0. The molecule has 4 heterocycles. The first-order valence-electron chi connectivity index (χ1n) is 12.0. The van der Waals surface area contributed by atoms with Gasteiger partial charge >= 0.3 is 11.2 Å². The van der Waals surface area contributed by atoms with Crippen LogP contribution in [0.15, 0.2) is 47.3 Å². The molecule has 0 unspecified atom stereocenters. The monoisotopic (exact) mass is 488 g/mol. The van der Waals surface area contributed by atoms with Crippen molar-refractivity contribution < 1.29 is 9.66 Å². The normalized spacial score (nSPS) is 17.4. The number of pyridine rings is 2. The average Bonchev–Trinajstić information content (AvgIpc) is 2.88. The summed E-state index contributed by atoms with van der Waals surface area (Å²) in [5, 5.41) is 21.4. The maximum absolute atomic E-state index is 13.0. The quantitative estimate of drug-likeness (QED) is 0.383. The van der Waals surface area contributed by atoms with E-state index in [1.807, 2.05) is 29.2 Å². The molecule has 2 aromatic heterocycles. The van der Waals surface area contributed by atoms with Gasteiger partial charge in [0.15, 0.2) is 0 Å². The Bertz CT molecular complexity index is 1400. The van der Waals surface area contributed by atoms with Crippen molar-refractivity contribution in [1.29, 1.82) is 5.26 Å². The highest BCUT2D eigenvalue weighted by molar-refractivity contribution is 5.94. The van der Waals surface area contributed by atoms with E-state index in [0.29, 0.717) is 24.1 Å². The fraction of sp³-hybridized carbons (Fsp3) is 0.423. The van der Waals surface area contributed by atoms with Crippen LogP contribution in [0.25, 0.3) is 11.0 Å². The minimum atomic E-state index is -0.681. The van der Waals surface area contributed by atoms with E-state index < -0.39 is 16.2 Å². The third-order valence-corrected chi connectivity index (χ3v) is 7.25. The summed E-state index contributed by atoms with van der Waals surface area (Å²) in [5.41, 5.74) is 1.19. The summed E-state index contributed by atoms with van der Waals surface area (Å²) < 4.78 is 6.73. The summed E-state index contributed by atoms with van der Waals surface area (Å²) in [4.78, 5) is 33.1. The zero-order valence-electron chi connectivity index (χ0n) is 20.4. The molecule has 2 aliphatic heterocycles. The Balaban J connectivity index is 1.50. The Hall–Kier alpha value is -3.97. The number of fused-ring (bicyclic) bond motifs is 1. The first kappa shape index (κ1) is 23.8. The second kappa shape index (κ2) is 9.24. The third kappa shape index (κ3) is 4.16. The summed E-state index contributed by atoms with van der Waals surface area (Å²) in [6.07, 6.45) is 1.52. The lowest BCUT2D eigenvalue weighted by molar-refractivity contribution is -0.385. The van der Waals surface area contributed by atoms with E-state index in [9.17, 15) is 20.2 Å². The second-order valence-corrected chi connectivity index (χ2v) is 9.98. The maximum atomic E-state index is 13.0. The van der Waals surface area contributed by atoms with Crippen LogP contribution < -0.4 is 15.4 Å². The number of para-hydroxylation sites is 1. The predicted molar refractivity (Wildman–Crippen MR) is 136 cm³/mol. The lowest BCUT2D eigenvalue weighted by atomic mass is 9.86. The first-order chi connectivity index (χ1) is 17.3. The highest BCUT2D eigenvalue weighted by Gasteiger charge is 2.39. The summed E-state index contributed by atoms with van der Waals surface area (Å²) in [6, 6.07) is 15.7. The summed E-state index contributed by atoms with van der Waals surface area (Å²) in [6.45, 7) is 5.62. The zero-order valence-corrected chi connectivity index (χ0v) is 20.4. The van der Waals surface area contributed by atoms with Crippen LogP contribution in [-0.2, 0) is 11.8 Å². The molecule has 5 rings (SSSR count). The van der Waals surface area contributed by atoms with Crippen LogP contribution in [0.1, 0.15) is 25.5 Å². The zero-order chi connectivity index (χ0) is 25.4. The van der Waals surface area contributed by atoms with Gasteiger partial charge in [-0.15, -0.1) is 0 Å². The van der Waals surface area contributed by atoms with Gasteiger partial charge in [0.25, 0.3) is 0 Å². The van der Waals surface area contributed by atoms with Gasteiger partial charge in [-0.25, -0.2) is 4.98 Å². The van der Waals surface area contributed by atoms with E-state index in [1.54, 1.807) is 6.07 Å². The van der Waals surface area contributed by atoms with Crippen LogP contribution in [0.2, 0.25) is 0 Å². The fourth-order valence-electron chi connectivity index (χ4n) is 5.31. The first-order valence-corrected chi connectivity index (χ1v) is 12.0. The number of hydrogen-bond donors (Lipinski definition) is 0. The molecule has 10 heteroatoms. The van der Waals surface area contributed by atoms with E-state index >= 15 is 0 Å². The SMILES string of the molecule is Cn1c(=O)c([N+](=O)[O-])c(N2CCC(N(CC3(C)COC3)c3ccccc3)CC2)c2nc(C#N)ccc21. The number of anilines is 2. The highest BCUT2D eigenvalue weighted by atomic mass is 16.6. The predicted octanol–water partition coefficient (Wildman–Crippen LogP) is 3.23. The number of rotatable bonds is 6. The molecule has 186 valence electrons. The third-order valence-electron chi connectivity index (χ3n) is 7.25. The van der Waals surface area contributed by atoms with Crippen molar-refractivity contribution >= 4 is 28.1 Å². The largest absolute Gasteiger partial charge is 0.380 e. The van der Waals surface area contributed by atoms with Gasteiger partial charge in [0.1, 0.15) is 23.0 Å². The van der Waals surface area contributed by atoms with E-state index in [2.05, 4.69) is 28.9 Å². The van der Waals surface area contributed by atoms with Crippen molar-refractivity contribution in [3.05, 3.63) is 68.6 Å². The Morgan fingerprint density at radius 3 is 2.50 bits per heavy atom. The summed E-state index contributed by atoms with van der Waals surface area (Å²) in [7, 11) is 1.49. The number of piperidine rings is 1. The molecule has 2 saturated heterocycles. The molecule has 0 amide bonds. The molecule has 0 radical (unpaired) electrons. The minimum absolute atomic E-state index is 0.0885. The Labute approximate surface area is 208 Å². The van der Waals surface area contributed by atoms with Crippen molar-refractivity contribution in [1.82, 2.24) is 9.55 Å². The number of hydrogen-bond acceptors (Lipinski definition) is 8. The van der Waals surface area contributed by atoms with Crippen LogP contribution >= 0.6 is 0 Å². The standard InChI is InChI=1S/C26H28N6O4/c1-26(16-36-17-26)15-31(19-6-4-3-5-7-19)20-10-12-30(13-11-20)23-22-21(9-8-18(14-27)28-22)29(2)25(33)24(23)32(34)35/h3-9,20H,10-13,15-17H2,1-2H3. The molecule has 2 fully saturated rings. The number of ether oxygens (including phenoxy) is 1. The van der Waals surface area contributed by atoms with Gasteiger partial charge < -0.3 is 19.1 Å². The molecular weight excluding hydrogens is 460 g/mol. The lowest BCUT2D eigenvalue weighted by Gasteiger charge is -2.47. The Morgan fingerprint density at radius 1 is 1.22 bits per heavy atom. The molecule has 0 saturated carbocycles. The minimum Gasteiger partial charge on any atom is -0.380 e. The number of benzene rings is 1. The van der Waals surface area contributed by atoms with Crippen LogP contribution in [0.3, 0.4) is 0 Å². The van der Waals surface area contributed by atoms with Crippen molar-refractivity contribution in [3.8, 4) is 6.07 Å². The average molecular weight is 489 g/mol. The van der Waals surface area contributed by atoms with Crippen molar-refractivity contribution in [2.45, 2.75) is 25.8 Å². The van der Waals surface area contributed by atoms with Gasteiger partial charge in [-0.3, -0.25) is 14.9 Å². The van der Waals surface area contributed by atoms with Gasteiger partial charge in [-0.1, -0.05) is 25.1 Å². The van der Waals surface area contributed by atoms with E-state index in [4.69, 9.17) is 4.74 Å². The second-order valence-electron chi connectivity index (χ2n) is 9.98. The Kier molecular flexibility index (Phi) is 6.10. The van der Waals surface area contributed by atoms with Gasteiger partial charge in [0.05, 0.1) is 23.7 Å². The molecule has 36 heavy (non-hydrogen) atoms. The Morgan fingerprint density at radius 2 is 1.92 bits per heavy atom. The van der Waals surface area contributed by atoms with Gasteiger partial charge in [-0.2, -0.15) is 5.26 Å². The van der Waals surface area contributed by atoms with Crippen molar-refractivity contribution in [2.75, 3.05) is 42.6 Å². The molecule has 1 aromatic carbocycles. The van der Waals surface area contributed by atoms with E-state index in [1.165, 1.54) is 17.7 Å². The van der Waals surface area contributed by atoms with E-state index in [0.717, 1.165) is 38.3 Å². The molecule has 2 aliphatic rings. The van der Waals surface area contributed by atoms with Gasteiger partial charge in [-0.05, 0) is 37.1 Å². The highest BCUT2D eigenvalue weighted by Crippen LogP contribution is 2.37. The molecule has 3 aromatic rings. The molecule has 10 nitrogen and oxygen atoms in total. The molecular formula is C26H28N6O4. The number of aromatic nitrogens is 2. The number of nitrogens with zero attached hydrogens (tertiary/aromatic N) is 6. The van der Waals surface area contributed by atoms with Gasteiger partial charge in [0, 0.05) is 43.8 Å². The van der Waals surface area contributed by atoms with Gasteiger partial charge in [0.2, 0.25) is 0 Å². The number of nitro groups is 1. The lowest BCUT2D eigenvalue weighted by Crippen LogP contribution is -2.54. The molecule has 0 N–H and O–H groups in total. The van der Waals surface area contributed by atoms with Crippen LogP contribution in [0, 0.1) is 26.9 Å². The molecule has 0 bridgehead atoms. The maximum Gasteiger partial charge on any atom is 0.359 e. The van der Waals surface area contributed by atoms with Crippen molar-refractivity contribution in [3.63, 3.8) is 0 Å². The number of nitriles is 1. The topological polar surface area (TPSA) is 118 Å².